The van der Waals surface area contributed by atoms with Gasteiger partial charge in [0.2, 0.25) is 5.43 Å². The Morgan fingerprint density at radius 2 is 1.90 bits per heavy atom. The van der Waals surface area contributed by atoms with Gasteiger partial charge in [-0.1, -0.05) is 0 Å². The molecule has 2 aromatic rings. The lowest BCUT2D eigenvalue weighted by Crippen LogP contribution is -2.47. The summed E-state index contributed by atoms with van der Waals surface area (Å²) in [6.45, 7) is 2.71. The number of carbonyl (C=O) groups is 1. The van der Waals surface area contributed by atoms with Crippen molar-refractivity contribution in [2.75, 3.05) is 49.6 Å². The number of benzene rings is 1. The van der Waals surface area contributed by atoms with Gasteiger partial charge in [-0.25, -0.2) is 17.6 Å². The van der Waals surface area contributed by atoms with Crippen molar-refractivity contribution < 1.29 is 27.4 Å². The monoisotopic (exact) mass is 453 g/mol. The molecule has 11 heteroatoms. The molecule has 1 aliphatic carbocycles. The van der Waals surface area contributed by atoms with Crippen LogP contribution in [0.1, 0.15) is 18.9 Å². The quantitative estimate of drug-likeness (QED) is 0.659. The molecule has 31 heavy (non-hydrogen) atoms. The Labute approximate surface area is 178 Å². The molecule has 1 N–H and O–H groups in total. The van der Waals surface area contributed by atoms with E-state index in [-0.39, 0.29) is 22.9 Å². The molecule has 2 heterocycles. The van der Waals surface area contributed by atoms with E-state index in [1.807, 2.05) is 9.80 Å². The smallest absolute Gasteiger partial charge is 0.449 e. The fourth-order valence-electron chi connectivity index (χ4n) is 3.90. The maximum Gasteiger partial charge on any atom is 0.511 e. The van der Waals surface area contributed by atoms with Crippen LogP contribution in [0.5, 0.6) is 5.75 Å². The number of rotatable bonds is 6. The number of halogens is 1. The molecule has 2 fully saturated rings. The number of ether oxygens (including phenoxy) is 1. The number of piperazine rings is 1. The van der Waals surface area contributed by atoms with E-state index in [1.165, 1.54) is 12.5 Å². The Bertz CT molecular complexity index is 1180. The summed E-state index contributed by atoms with van der Waals surface area (Å²) in [5.41, 5.74) is 0.252. The highest BCUT2D eigenvalue weighted by molar-refractivity contribution is 7.90. The fourth-order valence-corrected chi connectivity index (χ4v) is 4.49. The van der Waals surface area contributed by atoms with Gasteiger partial charge in [-0.3, -0.25) is 9.69 Å². The third kappa shape index (κ3) is 4.82. The van der Waals surface area contributed by atoms with E-state index in [4.69, 9.17) is 5.11 Å². The minimum Gasteiger partial charge on any atom is -0.449 e. The molecule has 1 aliphatic heterocycles. The molecular formula is C20H24FN3O6S. The average Bonchev–Trinajstić information content (AvgIpc) is 3.53. The average molecular weight is 453 g/mol. The normalized spacial score (nSPS) is 17.8. The largest absolute Gasteiger partial charge is 0.511 e. The zero-order valence-electron chi connectivity index (χ0n) is 17.1. The maximum atomic E-state index is 15.0. The molecule has 0 bridgehead atoms. The number of nitrogens with zero attached hydrogens (tertiary/aromatic N) is 3. The third-order valence-corrected chi connectivity index (χ3v) is 6.62. The second-order valence-corrected chi connectivity index (χ2v) is 10.4. The van der Waals surface area contributed by atoms with Crippen molar-refractivity contribution in [1.82, 2.24) is 9.47 Å². The summed E-state index contributed by atoms with van der Waals surface area (Å²) in [7, 11) is -3.04. The van der Waals surface area contributed by atoms with E-state index in [9.17, 15) is 22.4 Å². The zero-order valence-corrected chi connectivity index (χ0v) is 17.9. The molecule has 2 aliphatic rings. The third-order valence-electron chi connectivity index (χ3n) is 5.70. The molecule has 0 atom stereocenters. The van der Waals surface area contributed by atoms with Crippen LogP contribution in [0.15, 0.2) is 23.1 Å². The second-order valence-electron chi connectivity index (χ2n) is 8.11. The number of hydrogen-bond acceptors (Lipinski definition) is 7. The van der Waals surface area contributed by atoms with Crippen molar-refractivity contribution in [3.05, 3.63) is 34.4 Å². The molecule has 1 aromatic heterocycles. The Kier molecular flexibility index (Phi) is 5.65. The molecule has 0 unspecified atom stereocenters. The number of anilines is 1. The van der Waals surface area contributed by atoms with Gasteiger partial charge in [0.1, 0.15) is 15.7 Å². The molecular weight excluding hydrogens is 429 g/mol. The second kappa shape index (κ2) is 8.12. The number of carboxylic acid groups (broad SMARTS) is 1. The highest BCUT2D eigenvalue weighted by Crippen LogP contribution is 2.39. The van der Waals surface area contributed by atoms with Gasteiger partial charge in [-0.2, -0.15) is 0 Å². The Morgan fingerprint density at radius 3 is 2.48 bits per heavy atom. The molecule has 1 saturated heterocycles. The summed E-state index contributed by atoms with van der Waals surface area (Å²) in [6, 6.07) is 2.91. The van der Waals surface area contributed by atoms with Crippen molar-refractivity contribution in [2.45, 2.75) is 18.9 Å². The summed E-state index contributed by atoms with van der Waals surface area (Å²) in [5, 5.41) is 8.98. The summed E-state index contributed by atoms with van der Waals surface area (Å²) < 4.78 is 44.1. The van der Waals surface area contributed by atoms with Crippen LogP contribution in [0.4, 0.5) is 14.9 Å². The van der Waals surface area contributed by atoms with Crippen LogP contribution in [-0.2, 0) is 9.84 Å². The van der Waals surface area contributed by atoms with Gasteiger partial charge < -0.3 is 19.3 Å². The Morgan fingerprint density at radius 1 is 1.23 bits per heavy atom. The first-order valence-electron chi connectivity index (χ1n) is 10.1. The SMILES string of the molecule is CS(=O)(=O)CCN1CCN(c2cc3c(cc2F)c(=O)c(OC(=O)O)cn3C2CC2)CC1. The van der Waals surface area contributed by atoms with Gasteiger partial charge in [0, 0.05) is 45.0 Å². The Hall–Kier alpha value is -2.66. The van der Waals surface area contributed by atoms with Crippen LogP contribution in [0.2, 0.25) is 0 Å². The molecule has 9 nitrogen and oxygen atoms in total. The summed E-state index contributed by atoms with van der Waals surface area (Å²) >= 11 is 0. The van der Waals surface area contributed by atoms with Crippen LogP contribution >= 0.6 is 0 Å². The lowest BCUT2D eigenvalue weighted by atomic mass is 10.1. The van der Waals surface area contributed by atoms with Gasteiger partial charge in [0.25, 0.3) is 0 Å². The van der Waals surface area contributed by atoms with E-state index in [0.717, 1.165) is 18.9 Å². The van der Waals surface area contributed by atoms with Gasteiger partial charge in [-0.15, -0.1) is 0 Å². The predicted octanol–water partition coefficient (Wildman–Crippen LogP) is 1.70. The maximum absolute atomic E-state index is 15.0. The first-order chi connectivity index (χ1) is 14.6. The fraction of sp³-hybridized carbons (Fsp3) is 0.500. The minimum absolute atomic E-state index is 0.0821. The molecule has 1 aromatic carbocycles. The standard InChI is InChI=1S/C20H24FN3O6S/c1-31(28,29)9-8-22-4-6-23(7-5-22)17-11-16-14(10-15(17)21)19(25)18(30-20(26)27)12-24(16)13-2-3-13/h10-13H,2-9H2,1H3,(H,26,27). The lowest BCUT2D eigenvalue weighted by molar-refractivity contribution is 0.143. The minimum atomic E-state index is -3.04. The zero-order chi connectivity index (χ0) is 22.3. The van der Waals surface area contributed by atoms with Gasteiger partial charge in [0.15, 0.2) is 5.75 Å². The van der Waals surface area contributed by atoms with E-state index < -0.39 is 27.2 Å². The molecule has 0 amide bonds. The number of aromatic nitrogens is 1. The van der Waals surface area contributed by atoms with Crippen molar-refractivity contribution in [3.8, 4) is 5.75 Å². The molecule has 168 valence electrons. The van der Waals surface area contributed by atoms with E-state index in [1.54, 1.807) is 10.6 Å². The molecule has 4 rings (SSSR count). The van der Waals surface area contributed by atoms with E-state index in [0.29, 0.717) is 43.9 Å². The number of pyridine rings is 1. The van der Waals surface area contributed by atoms with Gasteiger partial charge >= 0.3 is 6.16 Å². The van der Waals surface area contributed by atoms with Crippen LogP contribution in [0.25, 0.3) is 10.9 Å². The number of hydrogen-bond donors (Lipinski definition) is 1. The summed E-state index contributed by atoms with van der Waals surface area (Å²) in [4.78, 5) is 27.5. The lowest BCUT2D eigenvalue weighted by Gasteiger charge is -2.36. The summed E-state index contributed by atoms with van der Waals surface area (Å²) in [5.74, 6) is -0.811. The Balaban J connectivity index is 1.63. The van der Waals surface area contributed by atoms with Crippen LogP contribution in [0.3, 0.4) is 0 Å². The van der Waals surface area contributed by atoms with E-state index in [2.05, 4.69) is 4.74 Å². The van der Waals surface area contributed by atoms with Crippen LogP contribution in [0, 0.1) is 5.82 Å². The number of sulfone groups is 1. The van der Waals surface area contributed by atoms with Crippen molar-refractivity contribution in [1.29, 1.82) is 0 Å². The van der Waals surface area contributed by atoms with Crippen molar-refractivity contribution in [3.63, 3.8) is 0 Å². The van der Waals surface area contributed by atoms with Gasteiger partial charge in [-0.05, 0) is 25.0 Å². The molecule has 0 radical (unpaired) electrons. The highest BCUT2D eigenvalue weighted by Gasteiger charge is 2.28. The predicted molar refractivity (Wildman–Crippen MR) is 113 cm³/mol. The number of fused-ring (bicyclic) bond motifs is 1. The first kappa shape index (κ1) is 21.6. The first-order valence-corrected chi connectivity index (χ1v) is 12.1. The topological polar surface area (TPSA) is 109 Å². The van der Waals surface area contributed by atoms with Crippen molar-refractivity contribution in [2.24, 2.45) is 0 Å². The van der Waals surface area contributed by atoms with E-state index >= 15 is 0 Å². The molecule has 1 saturated carbocycles. The molecule has 0 spiro atoms. The highest BCUT2D eigenvalue weighted by atomic mass is 32.2. The summed E-state index contributed by atoms with van der Waals surface area (Å²) in [6.07, 6.45) is 2.78. The van der Waals surface area contributed by atoms with Crippen LogP contribution in [-0.4, -0.2) is 73.9 Å². The van der Waals surface area contributed by atoms with Crippen LogP contribution < -0.4 is 15.1 Å². The van der Waals surface area contributed by atoms with Crippen molar-refractivity contribution >= 4 is 32.6 Å². The van der Waals surface area contributed by atoms with Gasteiger partial charge in [0.05, 0.1) is 28.5 Å².